The van der Waals surface area contributed by atoms with Crippen LogP contribution in [-0.4, -0.2) is 25.6 Å². The second-order valence-corrected chi connectivity index (χ2v) is 7.25. The highest BCUT2D eigenvalue weighted by molar-refractivity contribution is 5.05. The topological polar surface area (TPSA) is 21.3 Å². The largest absolute Gasteiger partial charge is 0.522 e. The average Bonchev–Trinajstić information content (AvgIpc) is 2.31. The van der Waals surface area contributed by atoms with Crippen molar-refractivity contribution in [1.82, 2.24) is 5.32 Å². The molecule has 4 aliphatic carbocycles. The maximum Gasteiger partial charge on any atom is 0.522 e. The molecule has 0 spiro atoms. The molecule has 0 heterocycles. The van der Waals surface area contributed by atoms with Gasteiger partial charge in [-0.2, -0.15) is 0 Å². The summed E-state index contributed by atoms with van der Waals surface area (Å²) in [6, 6.07) is 0.299. The number of nitrogens with one attached hydrogen (secondary N) is 1. The summed E-state index contributed by atoms with van der Waals surface area (Å²) < 4.78 is 39.7. The van der Waals surface area contributed by atoms with Crippen molar-refractivity contribution in [2.24, 2.45) is 23.2 Å². The third-order valence-corrected chi connectivity index (χ3v) is 5.82. The summed E-state index contributed by atoms with van der Waals surface area (Å²) >= 11 is 0. The van der Waals surface area contributed by atoms with Crippen LogP contribution < -0.4 is 5.32 Å². The lowest BCUT2D eigenvalue weighted by Gasteiger charge is -2.59. The van der Waals surface area contributed by atoms with Crippen molar-refractivity contribution < 1.29 is 17.9 Å². The Kier molecular flexibility index (Phi) is 3.78. The number of hydrogen-bond donors (Lipinski definition) is 1. The number of ether oxygens (including phenoxy) is 1. The summed E-state index contributed by atoms with van der Waals surface area (Å²) in [6.07, 6.45) is 3.48. The Labute approximate surface area is 118 Å². The first-order chi connectivity index (χ1) is 9.36. The van der Waals surface area contributed by atoms with Crippen molar-refractivity contribution in [1.29, 1.82) is 0 Å². The van der Waals surface area contributed by atoms with Gasteiger partial charge in [0.15, 0.2) is 0 Å². The van der Waals surface area contributed by atoms with Crippen molar-refractivity contribution in [3.05, 3.63) is 0 Å². The van der Waals surface area contributed by atoms with Gasteiger partial charge in [0.1, 0.15) is 0 Å². The van der Waals surface area contributed by atoms with Crippen molar-refractivity contribution >= 4 is 0 Å². The normalized spacial score (nSPS) is 41.1. The Hall–Kier alpha value is -0.290. The van der Waals surface area contributed by atoms with Crippen LogP contribution in [0.3, 0.4) is 0 Å². The highest BCUT2D eigenvalue weighted by Crippen LogP contribution is 2.61. The molecular formula is C15H24F3NO. The Bertz CT molecular complexity index is 320. The second kappa shape index (κ2) is 5.16. The maximum atomic E-state index is 11.9. The molecule has 0 aromatic rings. The molecule has 0 aliphatic heterocycles. The molecule has 2 nitrogen and oxygen atoms in total. The molecule has 0 radical (unpaired) electrons. The number of rotatable bonds is 5. The Balaban J connectivity index is 1.51. The molecule has 5 heteroatoms. The molecule has 1 atom stereocenters. The molecule has 4 aliphatic rings. The number of alkyl halides is 3. The van der Waals surface area contributed by atoms with Gasteiger partial charge >= 0.3 is 6.36 Å². The molecule has 0 saturated heterocycles. The molecule has 20 heavy (non-hydrogen) atoms. The molecule has 4 bridgehead atoms. The summed E-state index contributed by atoms with van der Waals surface area (Å²) in [7, 11) is 0. The fraction of sp³-hybridized carbons (Fsp3) is 1.00. The Morgan fingerprint density at radius 1 is 1.10 bits per heavy atom. The standard InChI is InChI=1S/C15H24F3NO/c1-10(19-2-3-20-15(16,17)18)14-7-11-4-12(8-14)6-13(5-11)9-14/h10-13,19H,2-9H2,1H3. The highest BCUT2D eigenvalue weighted by atomic mass is 19.4. The van der Waals surface area contributed by atoms with E-state index in [2.05, 4.69) is 17.0 Å². The minimum atomic E-state index is -4.51. The minimum Gasteiger partial charge on any atom is -0.311 e. The van der Waals surface area contributed by atoms with Gasteiger partial charge in [-0.3, -0.25) is 4.74 Å². The van der Waals surface area contributed by atoms with Crippen molar-refractivity contribution in [3.63, 3.8) is 0 Å². The first kappa shape index (κ1) is 14.6. The number of halogens is 3. The monoisotopic (exact) mass is 291 g/mol. The molecule has 4 rings (SSSR count). The van der Waals surface area contributed by atoms with Gasteiger partial charge in [0.2, 0.25) is 0 Å². The summed E-state index contributed by atoms with van der Waals surface area (Å²) in [5, 5.41) is 3.29. The van der Waals surface area contributed by atoms with Crippen molar-refractivity contribution in [2.75, 3.05) is 13.2 Å². The smallest absolute Gasteiger partial charge is 0.311 e. The van der Waals surface area contributed by atoms with E-state index in [0.29, 0.717) is 11.5 Å². The fourth-order valence-electron chi connectivity index (χ4n) is 5.37. The van der Waals surface area contributed by atoms with Crippen LogP contribution in [0.25, 0.3) is 0 Å². The van der Waals surface area contributed by atoms with Gasteiger partial charge in [0.25, 0.3) is 0 Å². The van der Waals surface area contributed by atoms with E-state index in [1.807, 2.05) is 0 Å². The van der Waals surface area contributed by atoms with Crippen LogP contribution in [0.15, 0.2) is 0 Å². The zero-order valence-electron chi connectivity index (χ0n) is 12.0. The SMILES string of the molecule is CC(NCCOC(F)(F)F)C12CC3CC(CC(C3)C1)C2. The van der Waals surface area contributed by atoms with E-state index in [9.17, 15) is 13.2 Å². The van der Waals surface area contributed by atoms with E-state index in [-0.39, 0.29) is 13.2 Å². The van der Waals surface area contributed by atoms with Crippen molar-refractivity contribution in [2.45, 2.75) is 57.9 Å². The Morgan fingerprint density at radius 2 is 1.60 bits per heavy atom. The lowest BCUT2D eigenvalue weighted by molar-refractivity contribution is -0.323. The zero-order valence-corrected chi connectivity index (χ0v) is 12.0. The van der Waals surface area contributed by atoms with Gasteiger partial charge in [0.05, 0.1) is 6.61 Å². The lowest BCUT2D eigenvalue weighted by Crippen LogP contribution is -2.55. The van der Waals surface area contributed by atoms with Crippen LogP contribution in [0.2, 0.25) is 0 Å². The molecule has 4 fully saturated rings. The molecule has 1 N–H and O–H groups in total. The molecule has 0 aromatic carbocycles. The van der Waals surface area contributed by atoms with Crippen LogP contribution in [0.4, 0.5) is 13.2 Å². The molecule has 116 valence electrons. The predicted molar refractivity (Wildman–Crippen MR) is 70.1 cm³/mol. The van der Waals surface area contributed by atoms with Crippen LogP contribution in [-0.2, 0) is 4.74 Å². The fourth-order valence-corrected chi connectivity index (χ4v) is 5.37. The molecule has 0 amide bonds. The first-order valence-electron chi connectivity index (χ1n) is 7.80. The van der Waals surface area contributed by atoms with E-state index in [4.69, 9.17) is 0 Å². The van der Waals surface area contributed by atoms with Crippen molar-refractivity contribution in [3.8, 4) is 0 Å². The van der Waals surface area contributed by atoms with Gasteiger partial charge in [-0.1, -0.05) is 0 Å². The highest BCUT2D eigenvalue weighted by Gasteiger charge is 2.52. The van der Waals surface area contributed by atoms with E-state index >= 15 is 0 Å². The van der Waals surface area contributed by atoms with E-state index in [1.165, 1.54) is 38.5 Å². The van der Waals surface area contributed by atoms with Gasteiger partial charge in [-0.05, 0) is 68.6 Å². The van der Waals surface area contributed by atoms with E-state index in [0.717, 1.165) is 17.8 Å². The summed E-state index contributed by atoms with van der Waals surface area (Å²) in [4.78, 5) is 0. The average molecular weight is 291 g/mol. The van der Waals surface area contributed by atoms with Gasteiger partial charge in [0, 0.05) is 12.6 Å². The molecule has 1 unspecified atom stereocenters. The zero-order chi connectivity index (χ0) is 14.4. The summed E-state index contributed by atoms with van der Waals surface area (Å²) in [5.74, 6) is 2.62. The Morgan fingerprint density at radius 3 is 2.05 bits per heavy atom. The summed E-state index contributed by atoms with van der Waals surface area (Å²) in [5.41, 5.74) is 0.340. The maximum absolute atomic E-state index is 11.9. The van der Waals surface area contributed by atoms with Crippen LogP contribution >= 0.6 is 0 Å². The lowest BCUT2D eigenvalue weighted by atomic mass is 9.48. The van der Waals surface area contributed by atoms with Gasteiger partial charge < -0.3 is 5.32 Å². The molecular weight excluding hydrogens is 267 g/mol. The van der Waals surface area contributed by atoms with Gasteiger partial charge in [-0.25, -0.2) is 0 Å². The molecule has 0 aromatic heterocycles. The minimum absolute atomic E-state index is 0.280. The van der Waals surface area contributed by atoms with Crippen LogP contribution in [0, 0.1) is 23.2 Å². The second-order valence-electron chi connectivity index (χ2n) is 7.25. The van der Waals surface area contributed by atoms with E-state index in [1.54, 1.807) is 0 Å². The van der Waals surface area contributed by atoms with Gasteiger partial charge in [-0.15, -0.1) is 13.2 Å². The third kappa shape index (κ3) is 2.98. The predicted octanol–water partition coefficient (Wildman–Crippen LogP) is 3.72. The molecule has 4 saturated carbocycles. The quantitative estimate of drug-likeness (QED) is 0.780. The first-order valence-corrected chi connectivity index (χ1v) is 7.80. The van der Waals surface area contributed by atoms with E-state index < -0.39 is 6.36 Å². The summed E-state index contributed by atoms with van der Waals surface area (Å²) in [6.45, 7) is 2.14. The third-order valence-electron chi connectivity index (χ3n) is 5.82. The number of hydrogen-bond acceptors (Lipinski definition) is 2. The van der Waals surface area contributed by atoms with Crippen LogP contribution in [0.1, 0.15) is 45.4 Å². The van der Waals surface area contributed by atoms with Crippen LogP contribution in [0.5, 0.6) is 0 Å².